The number of hydrogen-bond donors (Lipinski definition) is 2. The lowest BCUT2D eigenvalue weighted by Crippen LogP contribution is -2.37. The van der Waals surface area contributed by atoms with Gasteiger partial charge < -0.3 is 19.7 Å². The van der Waals surface area contributed by atoms with E-state index in [-0.39, 0.29) is 11.5 Å². The Labute approximate surface area is 208 Å². The molecule has 2 aromatic heterocycles. The van der Waals surface area contributed by atoms with E-state index in [9.17, 15) is 13.6 Å². The van der Waals surface area contributed by atoms with Gasteiger partial charge in [-0.2, -0.15) is 0 Å². The molecule has 0 atom stereocenters. The van der Waals surface area contributed by atoms with Crippen LogP contribution in [0.25, 0.3) is 11.0 Å². The summed E-state index contributed by atoms with van der Waals surface area (Å²) in [5.41, 5.74) is 4.27. The van der Waals surface area contributed by atoms with Gasteiger partial charge in [-0.05, 0) is 48.4 Å². The number of hydrogen-bond acceptors (Lipinski definition) is 3. The van der Waals surface area contributed by atoms with Gasteiger partial charge in [0.05, 0.1) is 6.54 Å². The van der Waals surface area contributed by atoms with Crippen molar-refractivity contribution in [3.05, 3.63) is 65.0 Å². The zero-order valence-corrected chi connectivity index (χ0v) is 20.1. The second-order valence-corrected chi connectivity index (χ2v) is 9.48. The first-order valence-corrected chi connectivity index (χ1v) is 12.3. The molecule has 2 aliphatic rings. The molecular formula is C27H31F2N3O4. The molecule has 36 heavy (non-hydrogen) atoms. The Bertz CT molecular complexity index is 1200. The third-order valence-corrected chi connectivity index (χ3v) is 7.13. The van der Waals surface area contributed by atoms with Crippen LogP contribution in [0.15, 0.2) is 42.6 Å². The van der Waals surface area contributed by atoms with Crippen LogP contribution in [0.5, 0.6) is 0 Å². The lowest BCUT2D eigenvalue weighted by atomic mass is 9.86. The molecule has 1 fully saturated rings. The number of rotatable bonds is 5. The molecule has 0 saturated heterocycles. The summed E-state index contributed by atoms with van der Waals surface area (Å²) in [6.07, 6.45) is 5.09. The van der Waals surface area contributed by atoms with Gasteiger partial charge >= 0.3 is 6.16 Å². The molecule has 3 aromatic rings. The normalized spacial score (nSPS) is 15.9. The summed E-state index contributed by atoms with van der Waals surface area (Å²) in [5.74, 6) is 0.784. The fourth-order valence-corrected chi connectivity index (χ4v) is 5.36. The second-order valence-electron chi connectivity index (χ2n) is 9.48. The van der Waals surface area contributed by atoms with Gasteiger partial charge in [0.25, 0.3) is 6.43 Å². The molecule has 5 rings (SSSR count). The van der Waals surface area contributed by atoms with Gasteiger partial charge in [-0.15, -0.1) is 0 Å². The summed E-state index contributed by atoms with van der Waals surface area (Å²) in [6, 6.07) is 10.5. The molecule has 1 aliphatic carbocycles. The van der Waals surface area contributed by atoms with E-state index in [1.807, 2.05) is 11.0 Å². The van der Waals surface area contributed by atoms with Gasteiger partial charge in [-0.1, -0.05) is 43.5 Å². The van der Waals surface area contributed by atoms with Crippen molar-refractivity contribution < 1.29 is 28.6 Å². The van der Waals surface area contributed by atoms with Crippen molar-refractivity contribution in [3.63, 3.8) is 0 Å². The Balaban J connectivity index is 0.000000709. The summed E-state index contributed by atoms with van der Waals surface area (Å²) in [7, 11) is 0. The van der Waals surface area contributed by atoms with Crippen LogP contribution in [-0.2, 0) is 24.3 Å². The minimum Gasteiger partial charge on any atom is -0.450 e. The minimum absolute atomic E-state index is 0.0331. The van der Waals surface area contributed by atoms with Crippen molar-refractivity contribution in [1.29, 1.82) is 0 Å². The Morgan fingerprint density at radius 1 is 1.06 bits per heavy atom. The SMILES string of the molecule is O=C(CC1CCCCC1)N1CCc2c(n(Cc3ccc(C(F)F)cc3)c3ncccc23)C1.O=C(O)O. The highest BCUT2D eigenvalue weighted by Gasteiger charge is 2.28. The fraction of sp³-hybridized carbons (Fsp3) is 0.444. The number of fused-ring (bicyclic) bond motifs is 3. The Kier molecular flexibility index (Phi) is 8.18. The summed E-state index contributed by atoms with van der Waals surface area (Å²) in [5, 5.41) is 15.1. The van der Waals surface area contributed by atoms with E-state index in [4.69, 9.17) is 15.0 Å². The van der Waals surface area contributed by atoms with Crippen molar-refractivity contribution in [1.82, 2.24) is 14.5 Å². The van der Waals surface area contributed by atoms with E-state index in [1.54, 1.807) is 18.3 Å². The maximum atomic E-state index is 13.1. The van der Waals surface area contributed by atoms with Crippen molar-refractivity contribution in [2.75, 3.05) is 6.54 Å². The zero-order valence-electron chi connectivity index (χ0n) is 20.1. The molecule has 3 heterocycles. The molecule has 0 radical (unpaired) electrons. The smallest absolute Gasteiger partial charge is 0.450 e. The number of nitrogens with zero attached hydrogens (tertiary/aromatic N) is 3. The van der Waals surface area contributed by atoms with Crippen LogP contribution in [0.1, 0.15) is 67.3 Å². The fourth-order valence-electron chi connectivity index (χ4n) is 5.36. The zero-order chi connectivity index (χ0) is 25.7. The first kappa shape index (κ1) is 25.6. The third-order valence-electron chi connectivity index (χ3n) is 7.13. The highest BCUT2D eigenvalue weighted by Crippen LogP contribution is 2.32. The van der Waals surface area contributed by atoms with Crippen LogP contribution < -0.4 is 0 Å². The predicted molar refractivity (Wildman–Crippen MR) is 131 cm³/mol. The summed E-state index contributed by atoms with van der Waals surface area (Å²) >= 11 is 0. The largest absolute Gasteiger partial charge is 0.503 e. The van der Waals surface area contributed by atoms with Crippen molar-refractivity contribution in [3.8, 4) is 0 Å². The molecule has 0 spiro atoms. The monoisotopic (exact) mass is 499 g/mol. The lowest BCUT2D eigenvalue weighted by molar-refractivity contribution is -0.133. The number of carbonyl (C=O) groups is 2. The molecule has 7 nitrogen and oxygen atoms in total. The third kappa shape index (κ3) is 6.01. The Hall–Kier alpha value is -3.49. The van der Waals surface area contributed by atoms with E-state index >= 15 is 0 Å². The lowest BCUT2D eigenvalue weighted by Gasteiger charge is -2.31. The van der Waals surface area contributed by atoms with Gasteiger partial charge in [-0.25, -0.2) is 18.6 Å². The van der Waals surface area contributed by atoms with E-state index in [0.717, 1.165) is 35.3 Å². The van der Waals surface area contributed by atoms with Crippen LogP contribution in [0.4, 0.5) is 13.6 Å². The second kappa shape index (κ2) is 11.5. The average molecular weight is 500 g/mol. The van der Waals surface area contributed by atoms with Crippen LogP contribution in [-0.4, -0.2) is 43.3 Å². The number of carbonyl (C=O) groups excluding carboxylic acids is 1. The number of aromatic nitrogens is 2. The maximum Gasteiger partial charge on any atom is 0.503 e. The topological polar surface area (TPSA) is 95.7 Å². The highest BCUT2D eigenvalue weighted by molar-refractivity contribution is 5.84. The van der Waals surface area contributed by atoms with Crippen LogP contribution in [0.3, 0.4) is 0 Å². The Morgan fingerprint density at radius 2 is 1.75 bits per heavy atom. The predicted octanol–water partition coefficient (Wildman–Crippen LogP) is 6.10. The molecule has 1 amide bonds. The average Bonchev–Trinajstić information content (AvgIpc) is 3.17. The van der Waals surface area contributed by atoms with Gasteiger partial charge in [0.2, 0.25) is 5.91 Å². The van der Waals surface area contributed by atoms with E-state index < -0.39 is 12.6 Å². The van der Waals surface area contributed by atoms with Crippen molar-refractivity contribution in [2.24, 2.45) is 5.92 Å². The van der Waals surface area contributed by atoms with E-state index in [0.29, 0.717) is 25.4 Å². The number of halogens is 2. The number of benzene rings is 1. The highest BCUT2D eigenvalue weighted by atomic mass is 19.3. The number of pyridine rings is 1. The summed E-state index contributed by atoms with van der Waals surface area (Å²) in [6.45, 7) is 1.89. The maximum absolute atomic E-state index is 13.1. The molecule has 192 valence electrons. The molecule has 2 N–H and O–H groups in total. The Morgan fingerprint density at radius 3 is 2.42 bits per heavy atom. The quantitative estimate of drug-likeness (QED) is 0.442. The van der Waals surface area contributed by atoms with Crippen LogP contribution in [0.2, 0.25) is 0 Å². The molecule has 1 saturated carbocycles. The number of carboxylic acid groups (broad SMARTS) is 2. The summed E-state index contributed by atoms with van der Waals surface area (Å²) in [4.78, 5) is 28.3. The first-order valence-electron chi connectivity index (χ1n) is 12.3. The van der Waals surface area contributed by atoms with Crippen molar-refractivity contribution in [2.45, 2.75) is 64.5 Å². The van der Waals surface area contributed by atoms with Gasteiger partial charge in [0.1, 0.15) is 5.65 Å². The van der Waals surface area contributed by atoms with Crippen LogP contribution in [0, 0.1) is 5.92 Å². The van der Waals surface area contributed by atoms with Crippen LogP contribution >= 0.6 is 0 Å². The first-order chi connectivity index (χ1) is 17.3. The molecule has 1 aromatic carbocycles. The van der Waals surface area contributed by atoms with E-state index in [1.165, 1.54) is 49.8 Å². The van der Waals surface area contributed by atoms with Gasteiger partial charge in [0.15, 0.2) is 0 Å². The molecule has 0 unspecified atom stereocenters. The van der Waals surface area contributed by atoms with Gasteiger partial charge in [-0.3, -0.25) is 4.79 Å². The summed E-state index contributed by atoms with van der Waals surface area (Å²) < 4.78 is 28.1. The molecular weight excluding hydrogens is 468 g/mol. The van der Waals surface area contributed by atoms with Crippen molar-refractivity contribution >= 4 is 23.1 Å². The number of amides is 1. The molecule has 9 heteroatoms. The standard InChI is InChI=1S/C26H29F2N3O.CH2O3/c27-25(28)20-10-8-19(9-11-20)16-31-23-17-30(24(32)15-18-5-2-1-3-6-18)14-12-21(23)22-7-4-13-29-26(22)31;2-1(3)4/h4,7-11,13,18,25H,1-3,5-6,12,14-17H2;(H2,2,3,4). The van der Waals surface area contributed by atoms with Gasteiger partial charge in [0, 0.05) is 42.4 Å². The molecule has 0 bridgehead atoms. The minimum atomic E-state index is -2.46. The number of alkyl halides is 2. The molecule has 1 aliphatic heterocycles. The van der Waals surface area contributed by atoms with E-state index in [2.05, 4.69) is 15.6 Å².